The molecule has 0 aliphatic carbocycles. The lowest BCUT2D eigenvalue weighted by atomic mass is 9.96. The largest absolute Gasteiger partial charge is 0.368 e. The summed E-state index contributed by atoms with van der Waals surface area (Å²) in [7, 11) is 0. The molecule has 0 spiro atoms. The Labute approximate surface area is 97.1 Å². The van der Waals surface area contributed by atoms with Crippen LogP contribution in [0, 0.1) is 0 Å². The summed E-state index contributed by atoms with van der Waals surface area (Å²) in [5, 5.41) is 0. The van der Waals surface area contributed by atoms with E-state index in [9.17, 15) is 4.79 Å². The highest BCUT2D eigenvalue weighted by Crippen LogP contribution is 2.23. The molecule has 0 bridgehead atoms. The number of rotatable bonds is 2. The van der Waals surface area contributed by atoms with Gasteiger partial charge in [0.2, 0.25) is 0 Å². The summed E-state index contributed by atoms with van der Waals surface area (Å²) in [5.74, 6) is 0.166. The molecule has 2 unspecified atom stereocenters. The lowest BCUT2D eigenvalue weighted by molar-refractivity contribution is -0.145. The zero-order chi connectivity index (χ0) is 11.5. The summed E-state index contributed by atoms with van der Waals surface area (Å²) in [6.45, 7) is 3.57. The van der Waals surface area contributed by atoms with Crippen LogP contribution >= 0.6 is 0 Å². The Balaban J connectivity index is 2.01. The first-order valence-electron chi connectivity index (χ1n) is 6.38. The minimum absolute atomic E-state index is 0.0608. The zero-order valence-corrected chi connectivity index (χ0v) is 10.0. The molecular weight excluding hydrogens is 204 g/mol. The number of carbonyl (C=O) groups is 1. The van der Waals surface area contributed by atoms with E-state index in [4.69, 9.17) is 10.5 Å². The second-order valence-corrected chi connectivity index (χ2v) is 4.96. The number of hydrogen-bond donors (Lipinski definition) is 1. The van der Waals surface area contributed by atoms with Crippen molar-refractivity contribution in [2.45, 2.75) is 57.2 Å². The molecule has 4 nitrogen and oxygen atoms in total. The molecule has 2 N–H and O–H groups in total. The maximum absolute atomic E-state index is 12.3. The monoisotopic (exact) mass is 226 g/mol. The van der Waals surface area contributed by atoms with Gasteiger partial charge in [-0.25, -0.2) is 0 Å². The van der Waals surface area contributed by atoms with Gasteiger partial charge < -0.3 is 15.4 Å². The van der Waals surface area contributed by atoms with Gasteiger partial charge in [-0.1, -0.05) is 0 Å². The van der Waals surface area contributed by atoms with Crippen LogP contribution in [0.3, 0.4) is 0 Å². The zero-order valence-electron chi connectivity index (χ0n) is 10.0. The van der Waals surface area contributed by atoms with E-state index in [1.54, 1.807) is 0 Å². The van der Waals surface area contributed by atoms with Crippen LogP contribution in [0.25, 0.3) is 0 Å². The molecule has 3 atom stereocenters. The van der Waals surface area contributed by atoms with E-state index in [-0.39, 0.29) is 24.1 Å². The Bertz CT molecular complexity index is 249. The molecule has 0 aromatic rings. The average Bonchev–Trinajstić information content (AvgIpc) is 2.81. The number of nitrogens with two attached hydrogens (primary N) is 1. The summed E-state index contributed by atoms with van der Waals surface area (Å²) < 4.78 is 5.46. The third kappa shape index (κ3) is 2.38. The second kappa shape index (κ2) is 5.15. The fourth-order valence-corrected chi connectivity index (χ4v) is 2.74. The minimum atomic E-state index is -0.195. The van der Waals surface area contributed by atoms with Crippen molar-refractivity contribution in [2.75, 3.05) is 13.2 Å². The predicted octanol–water partition coefficient (Wildman–Crippen LogP) is 0.894. The Kier molecular flexibility index (Phi) is 3.82. The van der Waals surface area contributed by atoms with Crippen LogP contribution in [0.2, 0.25) is 0 Å². The molecule has 0 aromatic carbocycles. The smallest absolute Gasteiger partial charge is 0.252 e. The van der Waals surface area contributed by atoms with Gasteiger partial charge in [-0.05, 0) is 39.0 Å². The van der Waals surface area contributed by atoms with E-state index in [0.717, 1.165) is 38.8 Å². The number of likely N-dealkylation sites (tertiary alicyclic amines) is 1. The standard InChI is InChI=1S/C12H22N2O2/c1-9(13)10-5-2-3-7-14(10)12(15)11-6-4-8-16-11/h9-11H,2-8,13H2,1H3/t9?,10?,11-/m1/s1. The van der Waals surface area contributed by atoms with Gasteiger partial charge in [0.05, 0.1) is 0 Å². The summed E-state index contributed by atoms with van der Waals surface area (Å²) in [5.41, 5.74) is 5.96. The molecule has 0 aromatic heterocycles. The number of ether oxygens (including phenoxy) is 1. The lowest BCUT2D eigenvalue weighted by Crippen LogP contribution is -2.54. The topological polar surface area (TPSA) is 55.6 Å². The average molecular weight is 226 g/mol. The van der Waals surface area contributed by atoms with Gasteiger partial charge in [0.25, 0.3) is 5.91 Å². The molecule has 0 saturated carbocycles. The number of amides is 1. The van der Waals surface area contributed by atoms with E-state index in [1.807, 2.05) is 11.8 Å². The minimum Gasteiger partial charge on any atom is -0.368 e. The van der Waals surface area contributed by atoms with E-state index in [0.29, 0.717) is 0 Å². The van der Waals surface area contributed by atoms with Crippen LogP contribution < -0.4 is 5.73 Å². The molecule has 16 heavy (non-hydrogen) atoms. The molecule has 2 heterocycles. The van der Waals surface area contributed by atoms with Gasteiger partial charge in [0.1, 0.15) is 6.10 Å². The van der Waals surface area contributed by atoms with Crippen molar-refractivity contribution in [2.24, 2.45) is 5.73 Å². The Morgan fingerprint density at radius 1 is 1.38 bits per heavy atom. The van der Waals surface area contributed by atoms with Crippen LogP contribution in [0.15, 0.2) is 0 Å². The molecule has 92 valence electrons. The summed E-state index contributed by atoms with van der Waals surface area (Å²) in [6.07, 6.45) is 5.01. The van der Waals surface area contributed by atoms with Crippen molar-refractivity contribution in [3.8, 4) is 0 Å². The van der Waals surface area contributed by atoms with Crippen LogP contribution in [-0.4, -0.2) is 42.1 Å². The molecule has 1 amide bonds. The van der Waals surface area contributed by atoms with Crippen LogP contribution in [0.1, 0.15) is 39.0 Å². The fourth-order valence-electron chi connectivity index (χ4n) is 2.74. The summed E-state index contributed by atoms with van der Waals surface area (Å²) in [6, 6.07) is 0.274. The van der Waals surface area contributed by atoms with Crippen molar-refractivity contribution < 1.29 is 9.53 Å². The third-order valence-electron chi connectivity index (χ3n) is 3.64. The van der Waals surface area contributed by atoms with Gasteiger partial charge in [-0.2, -0.15) is 0 Å². The predicted molar refractivity (Wildman–Crippen MR) is 62.0 cm³/mol. The van der Waals surface area contributed by atoms with Gasteiger partial charge >= 0.3 is 0 Å². The molecule has 2 aliphatic rings. The van der Waals surface area contributed by atoms with Crippen LogP contribution in [-0.2, 0) is 9.53 Å². The SMILES string of the molecule is CC(N)C1CCCCN1C(=O)[C@H]1CCCO1. The first-order valence-corrected chi connectivity index (χ1v) is 6.38. The van der Waals surface area contributed by atoms with E-state index < -0.39 is 0 Å². The Morgan fingerprint density at radius 2 is 2.19 bits per heavy atom. The highest BCUT2D eigenvalue weighted by Gasteiger charge is 2.34. The molecule has 2 rings (SSSR count). The molecule has 0 radical (unpaired) electrons. The number of hydrogen-bond acceptors (Lipinski definition) is 3. The van der Waals surface area contributed by atoms with E-state index in [2.05, 4.69) is 0 Å². The second-order valence-electron chi connectivity index (χ2n) is 4.96. The lowest BCUT2D eigenvalue weighted by Gasteiger charge is -2.39. The van der Waals surface area contributed by atoms with Crippen molar-refractivity contribution in [3.05, 3.63) is 0 Å². The molecule has 2 saturated heterocycles. The molecule has 2 aliphatic heterocycles. The molecule has 4 heteroatoms. The maximum atomic E-state index is 12.3. The molecule has 2 fully saturated rings. The maximum Gasteiger partial charge on any atom is 0.252 e. The van der Waals surface area contributed by atoms with Crippen molar-refractivity contribution in [1.82, 2.24) is 4.90 Å². The van der Waals surface area contributed by atoms with E-state index in [1.165, 1.54) is 6.42 Å². The van der Waals surface area contributed by atoms with Gasteiger partial charge in [0, 0.05) is 25.2 Å². The summed E-state index contributed by atoms with van der Waals surface area (Å²) in [4.78, 5) is 14.2. The van der Waals surface area contributed by atoms with Gasteiger partial charge in [0.15, 0.2) is 0 Å². The van der Waals surface area contributed by atoms with Crippen molar-refractivity contribution >= 4 is 5.91 Å². The molecular formula is C12H22N2O2. The highest BCUT2D eigenvalue weighted by atomic mass is 16.5. The van der Waals surface area contributed by atoms with Crippen LogP contribution in [0.5, 0.6) is 0 Å². The Morgan fingerprint density at radius 3 is 2.81 bits per heavy atom. The number of carbonyl (C=O) groups excluding carboxylic acids is 1. The van der Waals surface area contributed by atoms with Crippen molar-refractivity contribution in [3.63, 3.8) is 0 Å². The van der Waals surface area contributed by atoms with Gasteiger partial charge in [-0.3, -0.25) is 4.79 Å². The van der Waals surface area contributed by atoms with Crippen molar-refractivity contribution in [1.29, 1.82) is 0 Å². The fraction of sp³-hybridized carbons (Fsp3) is 0.917. The summed E-state index contributed by atoms with van der Waals surface area (Å²) >= 11 is 0. The van der Waals surface area contributed by atoms with Crippen LogP contribution in [0.4, 0.5) is 0 Å². The number of nitrogens with zero attached hydrogens (tertiary/aromatic N) is 1. The highest BCUT2D eigenvalue weighted by molar-refractivity contribution is 5.81. The quantitative estimate of drug-likeness (QED) is 0.761. The van der Waals surface area contributed by atoms with E-state index >= 15 is 0 Å². The third-order valence-corrected chi connectivity index (χ3v) is 3.64. The number of piperidine rings is 1. The Hall–Kier alpha value is -0.610. The first-order chi connectivity index (χ1) is 7.70. The van der Waals surface area contributed by atoms with Gasteiger partial charge in [-0.15, -0.1) is 0 Å². The first kappa shape index (κ1) is 11.9. The normalized spacial score (nSPS) is 32.8.